The van der Waals surface area contributed by atoms with Crippen molar-refractivity contribution in [2.24, 2.45) is 5.41 Å². The Kier molecular flexibility index (Phi) is 3.10. The SMILES string of the molecule is CC(C)(C)/C(O)=C/[S+]1CCCC1. The molecule has 0 radical (unpaired) electrons. The van der Waals surface area contributed by atoms with E-state index in [1.807, 2.05) is 0 Å². The molecule has 1 saturated heterocycles. The van der Waals surface area contributed by atoms with E-state index in [2.05, 4.69) is 26.2 Å². The zero-order valence-electron chi connectivity index (χ0n) is 8.26. The first-order valence-corrected chi connectivity index (χ1v) is 6.20. The number of rotatable bonds is 1. The van der Waals surface area contributed by atoms with Crippen molar-refractivity contribution in [3.63, 3.8) is 0 Å². The highest BCUT2D eigenvalue weighted by molar-refractivity contribution is 7.99. The molecule has 0 aromatic rings. The molecule has 1 aliphatic heterocycles. The van der Waals surface area contributed by atoms with Crippen LogP contribution in [0.4, 0.5) is 0 Å². The summed E-state index contributed by atoms with van der Waals surface area (Å²) < 4.78 is 0. The van der Waals surface area contributed by atoms with Gasteiger partial charge < -0.3 is 5.11 Å². The molecule has 0 atom stereocenters. The third kappa shape index (κ3) is 2.74. The van der Waals surface area contributed by atoms with Gasteiger partial charge >= 0.3 is 0 Å². The van der Waals surface area contributed by atoms with E-state index < -0.39 is 0 Å². The molecule has 1 fully saturated rings. The number of allylic oxidation sites excluding steroid dienone is 1. The average molecular weight is 187 g/mol. The fourth-order valence-electron chi connectivity index (χ4n) is 1.13. The second kappa shape index (κ2) is 3.73. The molecule has 0 aromatic heterocycles. The predicted molar refractivity (Wildman–Crippen MR) is 56.5 cm³/mol. The largest absolute Gasteiger partial charge is 0.507 e. The fraction of sp³-hybridized carbons (Fsp3) is 0.800. The van der Waals surface area contributed by atoms with Crippen LogP contribution >= 0.6 is 0 Å². The van der Waals surface area contributed by atoms with Crippen LogP contribution in [0.3, 0.4) is 0 Å². The van der Waals surface area contributed by atoms with Crippen LogP contribution in [-0.2, 0) is 10.9 Å². The number of hydrogen-bond acceptors (Lipinski definition) is 1. The van der Waals surface area contributed by atoms with Gasteiger partial charge in [0, 0.05) is 16.3 Å². The van der Waals surface area contributed by atoms with Crippen molar-refractivity contribution >= 4 is 10.9 Å². The zero-order chi connectivity index (χ0) is 9.19. The van der Waals surface area contributed by atoms with Crippen molar-refractivity contribution in [1.29, 1.82) is 0 Å². The van der Waals surface area contributed by atoms with Crippen LogP contribution in [0.1, 0.15) is 33.6 Å². The van der Waals surface area contributed by atoms with Crippen molar-refractivity contribution in [2.45, 2.75) is 33.6 Å². The lowest BCUT2D eigenvalue weighted by atomic mass is 9.95. The molecule has 0 aromatic carbocycles. The number of hydrogen-bond donors (Lipinski definition) is 1. The molecule has 0 saturated carbocycles. The monoisotopic (exact) mass is 187 g/mol. The Bertz CT molecular complexity index is 173. The molecule has 1 rings (SSSR count). The maximum Gasteiger partial charge on any atom is 0.157 e. The molecular formula is C10H19OS+. The summed E-state index contributed by atoms with van der Waals surface area (Å²) in [5.74, 6) is 3.16. The molecule has 0 amide bonds. The van der Waals surface area contributed by atoms with Crippen LogP contribution in [0.2, 0.25) is 0 Å². The van der Waals surface area contributed by atoms with Gasteiger partial charge in [-0.05, 0) is 12.8 Å². The molecule has 1 aliphatic rings. The van der Waals surface area contributed by atoms with Gasteiger partial charge in [0.2, 0.25) is 0 Å². The second-order valence-corrected chi connectivity index (χ2v) is 6.53. The maximum atomic E-state index is 9.71. The highest BCUT2D eigenvalue weighted by Gasteiger charge is 2.26. The van der Waals surface area contributed by atoms with Crippen LogP contribution in [0, 0.1) is 5.41 Å². The Morgan fingerprint density at radius 1 is 1.25 bits per heavy atom. The van der Waals surface area contributed by atoms with Gasteiger partial charge in [0.15, 0.2) is 5.41 Å². The van der Waals surface area contributed by atoms with E-state index in [1.54, 1.807) is 0 Å². The summed E-state index contributed by atoms with van der Waals surface area (Å²) in [6.07, 6.45) is 2.69. The summed E-state index contributed by atoms with van der Waals surface area (Å²) in [4.78, 5) is 0. The van der Waals surface area contributed by atoms with E-state index in [0.717, 1.165) is 0 Å². The highest BCUT2D eigenvalue weighted by Crippen LogP contribution is 2.25. The van der Waals surface area contributed by atoms with E-state index in [0.29, 0.717) is 16.7 Å². The first-order valence-electron chi connectivity index (χ1n) is 4.58. The lowest BCUT2D eigenvalue weighted by Crippen LogP contribution is -2.11. The molecule has 1 nitrogen and oxygen atoms in total. The number of aliphatic hydroxyl groups excluding tert-OH is 1. The topological polar surface area (TPSA) is 20.2 Å². The van der Waals surface area contributed by atoms with Gasteiger partial charge in [-0.1, -0.05) is 20.8 Å². The van der Waals surface area contributed by atoms with E-state index in [1.165, 1.54) is 24.3 Å². The van der Waals surface area contributed by atoms with Crippen LogP contribution in [0.25, 0.3) is 0 Å². The Morgan fingerprint density at radius 2 is 1.75 bits per heavy atom. The van der Waals surface area contributed by atoms with Crippen molar-refractivity contribution < 1.29 is 5.11 Å². The minimum absolute atomic E-state index is 0.0599. The molecular weight excluding hydrogens is 168 g/mol. The lowest BCUT2D eigenvalue weighted by molar-refractivity contribution is 0.279. The smallest absolute Gasteiger partial charge is 0.157 e. The summed E-state index contributed by atoms with van der Waals surface area (Å²) >= 11 is 0. The van der Waals surface area contributed by atoms with Gasteiger partial charge in [-0.2, -0.15) is 0 Å². The van der Waals surface area contributed by atoms with E-state index in [9.17, 15) is 5.11 Å². The molecule has 0 bridgehead atoms. The normalized spacial score (nSPS) is 21.8. The Hall–Kier alpha value is -0.110. The summed E-state index contributed by atoms with van der Waals surface area (Å²) in [6.45, 7) is 6.16. The maximum absolute atomic E-state index is 9.71. The van der Waals surface area contributed by atoms with Gasteiger partial charge in [0.1, 0.15) is 17.3 Å². The Balaban J connectivity index is 2.55. The first-order chi connectivity index (χ1) is 5.50. The molecule has 1 N–H and O–H groups in total. The summed E-state index contributed by atoms with van der Waals surface area (Å²) in [7, 11) is 0.384. The van der Waals surface area contributed by atoms with E-state index in [4.69, 9.17) is 0 Å². The summed E-state index contributed by atoms with van der Waals surface area (Å²) in [5.41, 5.74) is -0.0599. The highest BCUT2D eigenvalue weighted by atomic mass is 32.2. The van der Waals surface area contributed by atoms with Gasteiger partial charge in [-0.15, -0.1) is 0 Å². The fourth-order valence-corrected chi connectivity index (χ4v) is 3.39. The molecule has 0 aliphatic carbocycles. The predicted octanol–water partition coefficient (Wildman–Crippen LogP) is 2.84. The molecule has 0 unspecified atom stereocenters. The van der Waals surface area contributed by atoms with Gasteiger partial charge in [0.25, 0.3) is 0 Å². The van der Waals surface area contributed by atoms with Crippen LogP contribution in [0.15, 0.2) is 11.2 Å². The Morgan fingerprint density at radius 3 is 2.17 bits per heavy atom. The van der Waals surface area contributed by atoms with Gasteiger partial charge in [-0.3, -0.25) is 0 Å². The Labute approximate surface area is 78.2 Å². The van der Waals surface area contributed by atoms with E-state index in [-0.39, 0.29) is 5.41 Å². The average Bonchev–Trinajstić information content (AvgIpc) is 2.37. The minimum atomic E-state index is -0.0599. The quantitative estimate of drug-likeness (QED) is 0.494. The minimum Gasteiger partial charge on any atom is -0.507 e. The molecule has 0 spiro atoms. The molecule has 70 valence electrons. The first kappa shape index (κ1) is 9.97. The third-order valence-electron chi connectivity index (χ3n) is 2.11. The summed E-state index contributed by atoms with van der Waals surface area (Å²) in [6, 6.07) is 0. The second-order valence-electron chi connectivity index (χ2n) is 4.41. The van der Waals surface area contributed by atoms with Gasteiger partial charge in [-0.25, -0.2) is 0 Å². The number of aliphatic hydroxyl groups is 1. The summed E-state index contributed by atoms with van der Waals surface area (Å²) in [5, 5.41) is 11.8. The standard InChI is InChI=1S/C10H18OS/c1-10(2,3)9(11)8-12-6-4-5-7-12/h8H,4-7H2,1-3H3/p+1/b9-8-. The third-order valence-corrected chi connectivity index (χ3v) is 4.29. The lowest BCUT2D eigenvalue weighted by Gasteiger charge is -2.15. The van der Waals surface area contributed by atoms with Crippen LogP contribution in [-0.4, -0.2) is 16.6 Å². The van der Waals surface area contributed by atoms with Crippen molar-refractivity contribution in [3.8, 4) is 0 Å². The van der Waals surface area contributed by atoms with Crippen molar-refractivity contribution in [2.75, 3.05) is 11.5 Å². The molecule has 1 heterocycles. The van der Waals surface area contributed by atoms with Crippen molar-refractivity contribution in [1.82, 2.24) is 0 Å². The van der Waals surface area contributed by atoms with Gasteiger partial charge in [0.05, 0.1) is 0 Å². The molecule has 2 heteroatoms. The zero-order valence-corrected chi connectivity index (χ0v) is 9.08. The van der Waals surface area contributed by atoms with Crippen LogP contribution < -0.4 is 0 Å². The molecule has 12 heavy (non-hydrogen) atoms. The van der Waals surface area contributed by atoms with Crippen LogP contribution in [0.5, 0.6) is 0 Å². The van der Waals surface area contributed by atoms with Crippen molar-refractivity contribution in [3.05, 3.63) is 11.2 Å². The van der Waals surface area contributed by atoms with E-state index >= 15 is 0 Å².